The highest BCUT2D eigenvalue weighted by Gasteiger charge is 2.49. The lowest BCUT2D eigenvalue weighted by atomic mass is 9.95. The lowest BCUT2D eigenvalue weighted by molar-refractivity contribution is 0.107. The summed E-state index contributed by atoms with van der Waals surface area (Å²) >= 11 is 0. The minimum absolute atomic E-state index is 0.0231. The molecule has 4 fully saturated rings. The van der Waals surface area contributed by atoms with Gasteiger partial charge in [0.25, 0.3) is 0 Å². The Morgan fingerprint density at radius 3 is 2.65 bits per heavy atom. The highest BCUT2D eigenvalue weighted by Crippen LogP contribution is 2.48. The predicted molar refractivity (Wildman–Crippen MR) is 182 cm³/mol. The summed E-state index contributed by atoms with van der Waals surface area (Å²) in [6.07, 6.45) is 11.6. The summed E-state index contributed by atoms with van der Waals surface area (Å²) < 4.78 is 52.4. The second kappa shape index (κ2) is 11.2. The fourth-order valence-corrected chi connectivity index (χ4v) is 8.93. The number of aromatic hydroxyl groups is 1. The Bertz CT molecular complexity index is 2060. The first-order valence-electron chi connectivity index (χ1n) is 17.5. The van der Waals surface area contributed by atoms with Crippen molar-refractivity contribution in [2.45, 2.75) is 82.1 Å². The topological polar surface area (TPSA) is 86.6 Å². The van der Waals surface area contributed by atoms with E-state index in [2.05, 4.69) is 28.0 Å². The molecular weight excluding hydrogens is 629 g/mol. The molecule has 2 N–H and O–H groups in total. The zero-order valence-electron chi connectivity index (χ0n) is 27.5. The summed E-state index contributed by atoms with van der Waals surface area (Å²) in [4.78, 5) is 19.3. The quantitative estimate of drug-likeness (QED) is 0.241. The first-order valence-corrected chi connectivity index (χ1v) is 17.5. The Hall–Kier alpha value is -4.14. The van der Waals surface area contributed by atoms with Gasteiger partial charge in [0, 0.05) is 60.2 Å². The summed E-state index contributed by atoms with van der Waals surface area (Å²) in [5.74, 6) is 1.62. The lowest BCUT2D eigenvalue weighted by Gasteiger charge is -2.45. The molecule has 1 aliphatic carbocycles. The van der Waals surface area contributed by atoms with Crippen molar-refractivity contribution in [1.82, 2.24) is 25.2 Å². The van der Waals surface area contributed by atoms with Crippen LogP contribution in [0.3, 0.4) is 0 Å². The van der Waals surface area contributed by atoms with Crippen LogP contribution in [0.15, 0.2) is 24.3 Å². The summed E-state index contributed by atoms with van der Waals surface area (Å²) in [6, 6.07) is 6.11. The Kier molecular flexibility index (Phi) is 7.05. The molecule has 3 saturated heterocycles. The van der Waals surface area contributed by atoms with Gasteiger partial charge in [-0.1, -0.05) is 12.0 Å². The Morgan fingerprint density at radius 2 is 1.88 bits per heavy atom. The van der Waals surface area contributed by atoms with Gasteiger partial charge in [0.05, 0.1) is 23.3 Å². The van der Waals surface area contributed by atoms with Gasteiger partial charge in [0.2, 0.25) is 0 Å². The predicted octanol–water partition coefficient (Wildman–Crippen LogP) is 6.05. The Labute approximate surface area is 283 Å². The number of phenols is 1. The lowest BCUT2D eigenvalue weighted by Crippen LogP contribution is -2.63. The first kappa shape index (κ1) is 30.9. The number of ether oxygens (including phenoxy) is 1. The van der Waals surface area contributed by atoms with E-state index in [0.29, 0.717) is 60.1 Å². The molecule has 6 heterocycles. The van der Waals surface area contributed by atoms with E-state index in [-0.39, 0.29) is 57.1 Å². The van der Waals surface area contributed by atoms with Crippen molar-refractivity contribution >= 4 is 27.5 Å². The number of aromatic nitrogens is 3. The number of hydrogen-bond acceptors (Lipinski definition) is 8. The SMILES string of the molecule is C#Cc1c(F)ccc2cc(O)cc(-c3nc4c5c(nc(OCC6(CN7CCC(F)CC7)CC6)nc5c3F)N3C[C@@]5(C)CC[C@H](N5)[C@H]3CC4)c12. The smallest absolute Gasteiger partial charge is 0.319 e. The number of nitrogens with zero attached hydrogens (tertiary/aromatic N) is 5. The number of fused-ring (bicyclic) bond motifs is 6. The van der Waals surface area contributed by atoms with Gasteiger partial charge in [-0.3, -0.25) is 0 Å². The van der Waals surface area contributed by atoms with Crippen molar-refractivity contribution in [2.24, 2.45) is 5.41 Å². The van der Waals surface area contributed by atoms with Gasteiger partial charge in [-0.25, -0.2) is 18.2 Å². The molecule has 2 bridgehead atoms. The van der Waals surface area contributed by atoms with Crippen LogP contribution in [0.4, 0.5) is 19.0 Å². The molecule has 2 aromatic heterocycles. The normalized spacial score (nSPS) is 26.1. The van der Waals surface area contributed by atoms with Gasteiger partial charge in [-0.05, 0) is 81.9 Å². The van der Waals surface area contributed by atoms with Crippen LogP contribution < -0.4 is 15.0 Å². The molecule has 49 heavy (non-hydrogen) atoms. The van der Waals surface area contributed by atoms with Crippen molar-refractivity contribution in [2.75, 3.05) is 37.7 Å². The summed E-state index contributed by atoms with van der Waals surface area (Å²) in [5, 5.41) is 15.9. The van der Waals surface area contributed by atoms with E-state index in [0.717, 1.165) is 51.7 Å². The third kappa shape index (κ3) is 5.18. The number of alkyl halides is 1. The number of hydrogen-bond donors (Lipinski definition) is 2. The largest absolute Gasteiger partial charge is 0.508 e. The fourth-order valence-electron chi connectivity index (χ4n) is 8.93. The van der Waals surface area contributed by atoms with Crippen LogP contribution in [0.2, 0.25) is 0 Å². The number of pyridine rings is 1. The molecule has 4 aromatic rings. The van der Waals surface area contributed by atoms with E-state index in [1.54, 1.807) is 0 Å². The van der Waals surface area contributed by atoms with Gasteiger partial charge < -0.3 is 25.0 Å². The number of piperidine rings is 1. The molecule has 0 radical (unpaired) electrons. The molecule has 0 amide bonds. The van der Waals surface area contributed by atoms with Gasteiger partial charge in [0.1, 0.15) is 34.8 Å². The number of piperazine rings is 1. The maximum atomic E-state index is 17.2. The van der Waals surface area contributed by atoms with Gasteiger partial charge in [0.15, 0.2) is 5.82 Å². The van der Waals surface area contributed by atoms with Gasteiger partial charge >= 0.3 is 6.01 Å². The molecule has 5 aliphatic rings. The molecule has 254 valence electrons. The van der Waals surface area contributed by atoms with Gasteiger partial charge in [-0.15, -0.1) is 6.42 Å². The summed E-state index contributed by atoms with van der Waals surface area (Å²) in [6.45, 7) is 5.62. The number of rotatable bonds is 6. The number of anilines is 1. The second-order valence-electron chi connectivity index (χ2n) is 15.3. The molecule has 0 spiro atoms. The first-order chi connectivity index (χ1) is 23.6. The van der Waals surface area contributed by atoms with Crippen LogP contribution in [0, 0.1) is 29.4 Å². The van der Waals surface area contributed by atoms with Crippen LogP contribution >= 0.6 is 0 Å². The van der Waals surface area contributed by atoms with E-state index in [1.807, 2.05) is 0 Å². The highest BCUT2D eigenvalue weighted by atomic mass is 19.1. The maximum absolute atomic E-state index is 17.2. The van der Waals surface area contributed by atoms with Crippen molar-refractivity contribution < 1.29 is 23.0 Å². The molecule has 9 rings (SSSR count). The van der Waals surface area contributed by atoms with Crippen molar-refractivity contribution in [1.29, 1.82) is 0 Å². The van der Waals surface area contributed by atoms with Crippen LogP contribution in [0.5, 0.6) is 11.8 Å². The molecule has 2 aromatic carbocycles. The maximum Gasteiger partial charge on any atom is 0.319 e. The average molecular weight is 669 g/mol. The molecular formula is C38H39F3N6O2. The fraction of sp³-hybridized carbons (Fsp3) is 0.500. The van der Waals surface area contributed by atoms with Crippen LogP contribution in [-0.2, 0) is 6.42 Å². The standard InChI is InChI=1S/C38H39F3N6O2/c1-3-24-26(40)5-4-21-16-23(48)17-25(30(21)24)33-32(41)34-31-28(42-33)6-7-29-27-8-11-37(2,45-27)18-47(29)35(31)44-36(43-34)49-20-38(12-13-38)19-46-14-9-22(39)10-15-46/h1,4-5,16-17,22,27,29,45,48H,6-15,18-20H2,2H3/t27-,29+,37+/m0/s1. The minimum Gasteiger partial charge on any atom is -0.508 e. The van der Waals surface area contributed by atoms with E-state index >= 15 is 8.78 Å². The third-order valence-electron chi connectivity index (χ3n) is 11.7. The van der Waals surface area contributed by atoms with Crippen molar-refractivity contribution in [3.63, 3.8) is 0 Å². The van der Waals surface area contributed by atoms with E-state index in [4.69, 9.17) is 26.1 Å². The van der Waals surface area contributed by atoms with E-state index in [1.165, 1.54) is 24.3 Å². The highest BCUT2D eigenvalue weighted by molar-refractivity contribution is 6.03. The number of terminal acetylenes is 1. The average Bonchev–Trinajstić information content (AvgIpc) is 3.81. The number of nitrogens with one attached hydrogen (secondary N) is 1. The number of phenolic OH excluding ortho intramolecular Hbond substituents is 1. The van der Waals surface area contributed by atoms with Crippen molar-refractivity contribution in [3.8, 4) is 35.4 Å². The number of halogens is 3. The third-order valence-corrected chi connectivity index (χ3v) is 11.7. The van der Waals surface area contributed by atoms with E-state index < -0.39 is 17.8 Å². The summed E-state index contributed by atoms with van der Waals surface area (Å²) in [5.41, 5.74) is 0.688. The number of likely N-dealkylation sites (tertiary alicyclic amines) is 1. The number of aryl methyl sites for hydroxylation is 1. The molecule has 3 atom stereocenters. The Balaban J connectivity index is 1.18. The number of benzene rings is 2. The Morgan fingerprint density at radius 1 is 1.06 bits per heavy atom. The molecule has 11 heteroatoms. The summed E-state index contributed by atoms with van der Waals surface area (Å²) in [7, 11) is 0. The van der Waals surface area contributed by atoms with Crippen LogP contribution in [0.1, 0.15) is 63.1 Å². The zero-order valence-corrected chi connectivity index (χ0v) is 27.5. The molecule has 1 saturated carbocycles. The van der Waals surface area contributed by atoms with Crippen LogP contribution in [-0.4, -0.2) is 81.5 Å². The molecule has 8 nitrogen and oxygen atoms in total. The van der Waals surface area contributed by atoms with Crippen molar-refractivity contribution in [3.05, 3.63) is 47.2 Å². The zero-order chi connectivity index (χ0) is 33.7. The molecule has 0 unspecified atom stereocenters. The monoisotopic (exact) mass is 668 g/mol. The second-order valence-corrected chi connectivity index (χ2v) is 15.3. The molecule has 4 aliphatic heterocycles. The van der Waals surface area contributed by atoms with Crippen LogP contribution in [0.25, 0.3) is 32.9 Å². The van der Waals surface area contributed by atoms with E-state index in [9.17, 15) is 9.50 Å². The minimum atomic E-state index is -0.727. The van der Waals surface area contributed by atoms with Gasteiger partial charge in [-0.2, -0.15) is 9.97 Å².